The lowest BCUT2D eigenvalue weighted by Gasteiger charge is -2.15. The van der Waals surface area contributed by atoms with E-state index in [2.05, 4.69) is 5.32 Å². The summed E-state index contributed by atoms with van der Waals surface area (Å²) < 4.78 is 13.3. The minimum absolute atomic E-state index is 0. The quantitative estimate of drug-likeness (QED) is 0.884. The van der Waals surface area contributed by atoms with E-state index in [-0.39, 0.29) is 30.0 Å². The molecule has 1 aromatic carbocycles. The fourth-order valence-corrected chi connectivity index (χ4v) is 1.36. The van der Waals surface area contributed by atoms with Crippen molar-refractivity contribution in [3.63, 3.8) is 0 Å². The van der Waals surface area contributed by atoms with Crippen molar-refractivity contribution in [2.24, 2.45) is 11.7 Å². The fourth-order valence-electron chi connectivity index (χ4n) is 1.36. The van der Waals surface area contributed by atoms with Crippen LogP contribution in [0.5, 0.6) is 0 Å². The van der Waals surface area contributed by atoms with E-state index in [0.717, 1.165) is 5.56 Å². The van der Waals surface area contributed by atoms with Crippen molar-refractivity contribution in [1.82, 2.24) is 5.32 Å². The molecule has 5 heteroatoms. The Morgan fingerprint density at radius 3 is 2.56 bits per heavy atom. The number of halogens is 2. The molecular weight excluding hydrogens is 255 g/mol. The lowest BCUT2D eigenvalue weighted by Crippen LogP contribution is -2.43. The summed E-state index contributed by atoms with van der Waals surface area (Å²) in [7, 11) is 0. The summed E-state index contributed by atoms with van der Waals surface area (Å²) >= 11 is 0. The first-order valence-corrected chi connectivity index (χ1v) is 5.70. The van der Waals surface area contributed by atoms with Gasteiger partial charge in [-0.3, -0.25) is 4.79 Å². The zero-order valence-electron chi connectivity index (χ0n) is 10.9. The Morgan fingerprint density at radius 2 is 2.06 bits per heavy atom. The number of rotatable bonds is 4. The van der Waals surface area contributed by atoms with Crippen LogP contribution in [0.1, 0.15) is 25.0 Å². The topological polar surface area (TPSA) is 55.1 Å². The summed E-state index contributed by atoms with van der Waals surface area (Å²) in [5, 5.41) is 2.70. The molecule has 1 amide bonds. The van der Waals surface area contributed by atoms with Gasteiger partial charge in [0.25, 0.3) is 0 Å². The molecule has 0 aliphatic heterocycles. The van der Waals surface area contributed by atoms with E-state index in [4.69, 9.17) is 5.73 Å². The maximum atomic E-state index is 13.3. The lowest BCUT2D eigenvalue weighted by molar-refractivity contribution is -0.123. The molecule has 0 aliphatic rings. The molecule has 0 heterocycles. The average Bonchev–Trinajstić information content (AvgIpc) is 2.29. The molecule has 3 N–H and O–H groups in total. The van der Waals surface area contributed by atoms with Gasteiger partial charge >= 0.3 is 0 Å². The van der Waals surface area contributed by atoms with Crippen molar-refractivity contribution in [1.29, 1.82) is 0 Å². The second kappa shape index (κ2) is 7.34. The number of amides is 1. The molecule has 0 bridgehead atoms. The molecule has 0 spiro atoms. The van der Waals surface area contributed by atoms with Gasteiger partial charge in [-0.2, -0.15) is 0 Å². The maximum Gasteiger partial charge on any atom is 0.237 e. The first kappa shape index (κ1) is 16.9. The third-order valence-electron chi connectivity index (χ3n) is 2.72. The molecule has 0 saturated heterocycles. The van der Waals surface area contributed by atoms with Gasteiger partial charge in [0.05, 0.1) is 6.04 Å². The van der Waals surface area contributed by atoms with Crippen molar-refractivity contribution in [2.75, 3.05) is 0 Å². The van der Waals surface area contributed by atoms with Crippen molar-refractivity contribution >= 4 is 18.3 Å². The highest BCUT2D eigenvalue weighted by Crippen LogP contribution is 2.09. The molecule has 1 rings (SSSR count). The largest absolute Gasteiger partial charge is 0.351 e. The van der Waals surface area contributed by atoms with E-state index in [1.807, 2.05) is 13.8 Å². The second-order valence-corrected chi connectivity index (χ2v) is 4.57. The zero-order chi connectivity index (χ0) is 13.0. The maximum absolute atomic E-state index is 13.3. The molecule has 102 valence electrons. The van der Waals surface area contributed by atoms with Gasteiger partial charge in [-0.25, -0.2) is 4.39 Å². The number of aryl methyl sites for hydroxylation is 1. The summed E-state index contributed by atoms with van der Waals surface area (Å²) in [5.41, 5.74) is 7.02. The third kappa shape index (κ3) is 4.63. The Labute approximate surface area is 113 Å². The van der Waals surface area contributed by atoms with E-state index < -0.39 is 6.04 Å². The molecule has 0 saturated carbocycles. The molecule has 1 atom stereocenters. The molecule has 0 unspecified atom stereocenters. The number of hydrogen-bond acceptors (Lipinski definition) is 2. The molecule has 1 aromatic rings. The highest BCUT2D eigenvalue weighted by Gasteiger charge is 2.16. The van der Waals surface area contributed by atoms with Gasteiger partial charge in [-0.05, 0) is 30.0 Å². The highest BCUT2D eigenvalue weighted by molar-refractivity contribution is 5.85. The van der Waals surface area contributed by atoms with Gasteiger partial charge in [-0.1, -0.05) is 26.0 Å². The third-order valence-corrected chi connectivity index (χ3v) is 2.72. The summed E-state index contributed by atoms with van der Waals surface area (Å²) in [4.78, 5) is 11.6. The van der Waals surface area contributed by atoms with E-state index in [1.54, 1.807) is 19.1 Å². The predicted octanol–water partition coefficient (Wildman–Crippen LogP) is 2.16. The normalized spacial score (nSPS) is 11.9. The summed E-state index contributed by atoms with van der Waals surface area (Å²) in [6, 6.07) is 4.39. The minimum atomic E-state index is -0.523. The molecular formula is C13H20ClFN2O. The van der Waals surface area contributed by atoms with E-state index in [0.29, 0.717) is 12.1 Å². The first-order chi connectivity index (χ1) is 7.91. The monoisotopic (exact) mass is 274 g/mol. The Hall–Kier alpha value is -1.13. The molecule has 0 fully saturated rings. The SMILES string of the molecule is Cc1ccc(CNC(=O)[C@H](N)C(C)C)cc1F.Cl. The van der Waals surface area contributed by atoms with Gasteiger partial charge < -0.3 is 11.1 Å². The van der Waals surface area contributed by atoms with E-state index in [1.165, 1.54) is 6.07 Å². The molecule has 3 nitrogen and oxygen atoms in total. The number of carbonyl (C=O) groups excluding carboxylic acids is 1. The molecule has 0 aliphatic carbocycles. The van der Waals surface area contributed by atoms with Crippen LogP contribution in [-0.2, 0) is 11.3 Å². The van der Waals surface area contributed by atoms with Crippen molar-refractivity contribution in [2.45, 2.75) is 33.4 Å². The molecule has 18 heavy (non-hydrogen) atoms. The Morgan fingerprint density at radius 1 is 1.44 bits per heavy atom. The van der Waals surface area contributed by atoms with Crippen LogP contribution >= 0.6 is 12.4 Å². The van der Waals surface area contributed by atoms with Crippen LogP contribution in [0.4, 0.5) is 4.39 Å². The molecule has 0 radical (unpaired) electrons. The predicted molar refractivity (Wildman–Crippen MR) is 73.0 cm³/mol. The van der Waals surface area contributed by atoms with Crippen LogP contribution in [0.15, 0.2) is 18.2 Å². The number of nitrogens with two attached hydrogens (primary N) is 1. The van der Waals surface area contributed by atoms with E-state index in [9.17, 15) is 9.18 Å². The Kier molecular flexibility index (Phi) is 6.88. The first-order valence-electron chi connectivity index (χ1n) is 5.70. The molecule has 0 aromatic heterocycles. The fraction of sp³-hybridized carbons (Fsp3) is 0.462. The van der Waals surface area contributed by atoms with Crippen molar-refractivity contribution < 1.29 is 9.18 Å². The van der Waals surface area contributed by atoms with Crippen molar-refractivity contribution in [3.8, 4) is 0 Å². The van der Waals surface area contributed by atoms with Crippen LogP contribution in [0.25, 0.3) is 0 Å². The Balaban J connectivity index is 0.00000289. The summed E-state index contributed by atoms with van der Waals surface area (Å²) in [6.45, 7) is 5.77. The van der Waals surface area contributed by atoms with Gasteiger partial charge in [0.2, 0.25) is 5.91 Å². The smallest absolute Gasteiger partial charge is 0.237 e. The summed E-state index contributed by atoms with van der Waals surface area (Å²) in [6.07, 6.45) is 0. The van der Waals surface area contributed by atoms with Crippen LogP contribution in [0, 0.1) is 18.7 Å². The minimum Gasteiger partial charge on any atom is -0.351 e. The van der Waals surface area contributed by atoms with Gasteiger partial charge in [0, 0.05) is 6.54 Å². The lowest BCUT2D eigenvalue weighted by atomic mass is 10.0. The number of benzene rings is 1. The van der Waals surface area contributed by atoms with Crippen LogP contribution in [-0.4, -0.2) is 11.9 Å². The van der Waals surface area contributed by atoms with Crippen LogP contribution in [0.3, 0.4) is 0 Å². The highest BCUT2D eigenvalue weighted by atomic mass is 35.5. The van der Waals surface area contributed by atoms with Gasteiger partial charge in [0.15, 0.2) is 0 Å². The number of nitrogens with one attached hydrogen (secondary N) is 1. The van der Waals surface area contributed by atoms with Gasteiger partial charge in [0.1, 0.15) is 5.82 Å². The average molecular weight is 275 g/mol. The zero-order valence-corrected chi connectivity index (χ0v) is 11.7. The van der Waals surface area contributed by atoms with Crippen LogP contribution < -0.4 is 11.1 Å². The second-order valence-electron chi connectivity index (χ2n) is 4.57. The Bertz CT molecular complexity index is 410. The van der Waals surface area contributed by atoms with Crippen LogP contribution in [0.2, 0.25) is 0 Å². The van der Waals surface area contributed by atoms with E-state index >= 15 is 0 Å². The standard InChI is InChI=1S/C13H19FN2O.ClH/c1-8(2)12(15)13(17)16-7-10-5-4-9(3)11(14)6-10;/h4-6,8,12H,7,15H2,1-3H3,(H,16,17);1H/t12-;/m1./s1. The van der Waals surface area contributed by atoms with Gasteiger partial charge in [-0.15, -0.1) is 12.4 Å². The van der Waals surface area contributed by atoms with Crippen molar-refractivity contribution in [3.05, 3.63) is 35.1 Å². The summed E-state index contributed by atoms with van der Waals surface area (Å²) in [5.74, 6) is -0.379. The number of hydrogen-bond donors (Lipinski definition) is 2. The number of carbonyl (C=O) groups is 1.